The molecule has 0 saturated heterocycles. The fraction of sp³-hybridized carbons (Fsp3) is 0.455. The number of rotatable bonds is 6. The van der Waals surface area contributed by atoms with Gasteiger partial charge < -0.3 is 25.4 Å². The van der Waals surface area contributed by atoms with Crippen molar-refractivity contribution in [2.45, 2.75) is 12.6 Å². The van der Waals surface area contributed by atoms with Crippen molar-refractivity contribution in [2.24, 2.45) is 5.73 Å². The second-order valence-electron chi connectivity index (χ2n) is 3.37. The van der Waals surface area contributed by atoms with Gasteiger partial charge in [0, 0.05) is 12.6 Å². The summed E-state index contributed by atoms with van der Waals surface area (Å²) in [5, 5.41) is 17.8. The molecule has 0 heterocycles. The Bertz CT molecular complexity index is 308. The summed E-state index contributed by atoms with van der Waals surface area (Å²) >= 11 is 0. The van der Waals surface area contributed by atoms with Crippen LogP contribution in [0.2, 0.25) is 0 Å². The van der Waals surface area contributed by atoms with Crippen LogP contribution < -0.4 is 15.2 Å². The second kappa shape index (κ2) is 6.32. The van der Waals surface area contributed by atoms with Crippen molar-refractivity contribution in [3.05, 3.63) is 23.8 Å². The van der Waals surface area contributed by atoms with Gasteiger partial charge in [-0.3, -0.25) is 0 Å². The van der Waals surface area contributed by atoms with E-state index in [0.717, 1.165) is 5.56 Å². The fourth-order valence-corrected chi connectivity index (χ4v) is 1.19. The third-order valence-corrected chi connectivity index (χ3v) is 2.06. The Kier molecular flexibility index (Phi) is 5.04. The van der Waals surface area contributed by atoms with E-state index in [-0.39, 0.29) is 13.2 Å². The molecule has 90 valence electrons. The molecule has 1 aromatic rings. The van der Waals surface area contributed by atoms with Crippen molar-refractivity contribution < 1.29 is 19.7 Å². The Morgan fingerprint density at radius 3 is 2.56 bits per heavy atom. The zero-order valence-electron chi connectivity index (χ0n) is 9.22. The zero-order chi connectivity index (χ0) is 12.0. The topological polar surface area (TPSA) is 84.9 Å². The maximum atomic E-state index is 9.14. The molecule has 0 fully saturated rings. The highest BCUT2D eigenvalue weighted by Gasteiger charge is 2.05. The highest BCUT2D eigenvalue weighted by molar-refractivity contribution is 5.38. The molecular formula is C11H17NO4. The van der Waals surface area contributed by atoms with E-state index in [1.54, 1.807) is 19.2 Å². The van der Waals surface area contributed by atoms with Gasteiger partial charge in [0.1, 0.15) is 24.2 Å². The van der Waals surface area contributed by atoms with E-state index >= 15 is 0 Å². The third kappa shape index (κ3) is 3.69. The Balaban J connectivity index is 2.71. The molecule has 0 amide bonds. The molecule has 1 rings (SSSR count). The van der Waals surface area contributed by atoms with Gasteiger partial charge in [0.2, 0.25) is 0 Å². The molecule has 0 aliphatic rings. The van der Waals surface area contributed by atoms with Crippen LogP contribution >= 0.6 is 0 Å². The summed E-state index contributed by atoms with van der Waals surface area (Å²) < 4.78 is 10.4. The van der Waals surface area contributed by atoms with Gasteiger partial charge in [-0.25, -0.2) is 0 Å². The van der Waals surface area contributed by atoms with Crippen molar-refractivity contribution in [1.82, 2.24) is 0 Å². The van der Waals surface area contributed by atoms with E-state index in [4.69, 9.17) is 25.4 Å². The van der Waals surface area contributed by atoms with Crippen molar-refractivity contribution in [1.29, 1.82) is 0 Å². The molecule has 0 radical (unpaired) electrons. The summed E-state index contributed by atoms with van der Waals surface area (Å²) in [7, 11) is 1.56. The van der Waals surface area contributed by atoms with Gasteiger partial charge in [-0.15, -0.1) is 0 Å². The van der Waals surface area contributed by atoms with Crippen LogP contribution in [-0.2, 0) is 6.54 Å². The van der Waals surface area contributed by atoms with Crippen LogP contribution in [0.15, 0.2) is 18.2 Å². The van der Waals surface area contributed by atoms with Crippen LogP contribution in [0.1, 0.15) is 5.56 Å². The lowest BCUT2D eigenvalue weighted by Gasteiger charge is -2.12. The van der Waals surface area contributed by atoms with Gasteiger partial charge in [0.05, 0.1) is 13.7 Å². The maximum Gasteiger partial charge on any atom is 0.123 e. The molecule has 1 unspecified atom stereocenters. The number of hydrogen-bond acceptors (Lipinski definition) is 5. The average Bonchev–Trinajstić information content (AvgIpc) is 2.35. The molecule has 5 heteroatoms. The molecule has 16 heavy (non-hydrogen) atoms. The van der Waals surface area contributed by atoms with Crippen LogP contribution in [0.4, 0.5) is 0 Å². The molecule has 0 saturated carbocycles. The molecule has 4 N–H and O–H groups in total. The molecule has 0 aliphatic carbocycles. The average molecular weight is 227 g/mol. The first kappa shape index (κ1) is 12.8. The molecule has 1 aromatic carbocycles. The number of aliphatic hydroxyl groups is 2. The maximum absolute atomic E-state index is 9.14. The van der Waals surface area contributed by atoms with Crippen LogP contribution in [0.25, 0.3) is 0 Å². The standard InChI is InChI=1S/C11H17NO4/c1-15-10-2-8(5-12)3-11(4-10)16-7-9(14)6-13/h2-4,9,13-14H,5-7,12H2,1H3. The Labute approximate surface area is 94.4 Å². The highest BCUT2D eigenvalue weighted by atomic mass is 16.5. The minimum absolute atomic E-state index is 0.0354. The van der Waals surface area contributed by atoms with Gasteiger partial charge in [-0.1, -0.05) is 0 Å². The minimum Gasteiger partial charge on any atom is -0.497 e. The lowest BCUT2D eigenvalue weighted by Crippen LogP contribution is -2.21. The predicted molar refractivity (Wildman–Crippen MR) is 59.5 cm³/mol. The van der Waals surface area contributed by atoms with Crippen molar-refractivity contribution in [3.8, 4) is 11.5 Å². The van der Waals surface area contributed by atoms with E-state index in [1.807, 2.05) is 6.07 Å². The molecule has 0 aromatic heterocycles. The normalized spacial score (nSPS) is 12.2. The Morgan fingerprint density at radius 1 is 1.31 bits per heavy atom. The SMILES string of the molecule is COc1cc(CN)cc(OCC(O)CO)c1. The minimum atomic E-state index is -0.882. The van der Waals surface area contributed by atoms with Crippen LogP contribution in [0.3, 0.4) is 0 Å². The van der Waals surface area contributed by atoms with Crippen molar-refractivity contribution in [3.63, 3.8) is 0 Å². The number of aliphatic hydroxyl groups excluding tert-OH is 2. The predicted octanol–water partition coefficient (Wildman–Crippen LogP) is -0.114. The van der Waals surface area contributed by atoms with Crippen molar-refractivity contribution >= 4 is 0 Å². The van der Waals surface area contributed by atoms with Gasteiger partial charge in [0.25, 0.3) is 0 Å². The van der Waals surface area contributed by atoms with Gasteiger partial charge >= 0.3 is 0 Å². The van der Waals surface area contributed by atoms with Gasteiger partial charge in [-0.2, -0.15) is 0 Å². The first-order valence-electron chi connectivity index (χ1n) is 4.99. The summed E-state index contributed by atoms with van der Waals surface area (Å²) in [5.74, 6) is 1.21. The van der Waals surface area contributed by atoms with Crippen LogP contribution in [-0.4, -0.2) is 36.6 Å². The van der Waals surface area contributed by atoms with E-state index < -0.39 is 6.10 Å². The van der Waals surface area contributed by atoms with E-state index in [0.29, 0.717) is 18.0 Å². The monoisotopic (exact) mass is 227 g/mol. The van der Waals surface area contributed by atoms with Crippen LogP contribution in [0.5, 0.6) is 11.5 Å². The smallest absolute Gasteiger partial charge is 0.123 e. The summed E-state index contributed by atoms with van der Waals surface area (Å²) in [6.45, 7) is 0.0947. The van der Waals surface area contributed by atoms with E-state index in [1.165, 1.54) is 0 Å². The van der Waals surface area contributed by atoms with Crippen LogP contribution in [0, 0.1) is 0 Å². The molecular weight excluding hydrogens is 210 g/mol. The first-order valence-corrected chi connectivity index (χ1v) is 4.99. The highest BCUT2D eigenvalue weighted by Crippen LogP contribution is 2.22. The largest absolute Gasteiger partial charge is 0.497 e. The second-order valence-corrected chi connectivity index (χ2v) is 3.37. The Hall–Kier alpha value is -1.30. The quantitative estimate of drug-likeness (QED) is 0.631. The number of nitrogens with two attached hydrogens (primary N) is 1. The first-order chi connectivity index (χ1) is 7.69. The fourth-order valence-electron chi connectivity index (χ4n) is 1.19. The van der Waals surface area contributed by atoms with Gasteiger partial charge in [-0.05, 0) is 17.7 Å². The van der Waals surface area contributed by atoms with Gasteiger partial charge in [0.15, 0.2) is 0 Å². The molecule has 0 bridgehead atoms. The summed E-state index contributed by atoms with van der Waals surface area (Å²) in [6.07, 6.45) is -0.882. The Morgan fingerprint density at radius 2 is 2.00 bits per heavy atom. The zero-order valence-corrected chi connectivity index (χ0v) is 9.22. The number of methoxy groups -OCH3 is 1. The molecule has 1 atom stereocenters. The molecule has 0 aliphatic heterocycles. The molecule has 0 spiro atoms. The molecule has 5 nitrogen and oxygen atoms in total. The number of benzene rings is 1. The summed E-state index contributed by atoms with van der Waals surface area (Å²) in [5.41, 5.74) is 6.41. The lowest BCUT2D eigenvalue weighted by molar-refractivity contribution is 0.0535. The lowest BCUT2D eigenvalue weighted by atomic mass is 10.2. The summed E-state index contributed by atoms with van der Waals surface area (Å²) in [6, 6.07) is 5.28. The third-order valence-electron chi connectivity index (χ3n) is 2.06. The summed E-state index contributed by atoms with van der Waals surface area (Å²) in [4.78, 5) is 0. The van der Waals surface area contributed by atoms with Crippen molar-refractivity contribution in [2.75, 3.05) is 20.3 Å². The van der Waals surface area contributed by atoms with E-state index in [9.17, 15) is 0 Å². The number of hydrogen-bond donors (Lipinski definition) is 3. The van der Waals surface area contributed by atoms with E-state index in [2.05, 4.69) is 0 Å². The number of ether oxygens (including phenoxy) is 2.